The van der Waals surface area contributed by atoms with Gasteiger partial charge in [-0.1, -0.05) is 24.3 Å². The van der Waals surface area contributed by atoms with Crippen molar-refractivity contribution < 1.29 is 14.7 Å². The van der Waals surface area contributed by atoms with Gasteiger partial charge in [0.2, 0.25) is 5.91 Å². The molecule has 0 saturated carbocycles. The minimum absolute atomic E-state index is 0.00360. The summed E-state index contributed by atoms with van der Waals surface area (Å²) < 4.78 is 0. The lowest BCUT2D eigenvalue weighted by Crippen LogP contribution is -2.47. The molecule has 1 aliphatic heterocycles. The Balaban J connectivity index is 1.51. The van der Waals surface area contributed by atoms with Crippen molar-refractivity contribution >= 4 is 23.2 Å². The zero-order valence-corrected chi connectivity index (χ0v) is 15.8. The number of nitrogens with one attached hydrogen (secondary N) is 1. The first-order valence-electron chi connectivity index (χ1n) is 8.74. The number of carboxylic acids is 1. The van der Waals surface area contributed by atoms with E-state index in [1.807, 2.05) is 13.0 Å². The van der Waals surface area contributed by atoms with Crippen LogP contribution in [0, 0.1) is 6.92 Å². The molecular formula is C19H23N3O3S. The average Bonchev–Trinajstić information content (AvgIpc) is 3.01. The van der Waals surface area contributed by atoms with Gasteiger partial charge in [0.15, 0.2) is 0 Å². The molecule has 138 valence electrons. The van der Waals surface area contributed by atoms with E-state index >= 15 is 0 Å². The molecule has 0 radical (unpaired) electrons. The van der Waals surface area contributed by atoms with Crippen molar-refractivity contribution in [2.45, 2.75) is 39.3 Å². The van der Waals surface area contributed by atoms with Crippen LogP contribution in [0.2, 0.25) is 0 Å². The van der Waals surface area contributed by atoms with E-state index in [1.54, 1.807) is 6.92 Å². The predicted molar refractivity (Wildman–Crippen MR) is 101 cm³/mol. The number of hydrogen-bond donors (Lipinski definition) is 2. The topological polar surface area (TPSA) is 82.5 Å². The smallest absolute Gasteiger partial charge is 0.347 e. The van der Waals surface area contributed by atoms with Crippen LogP contribution in [0.4, 0.5) is 0 Å². The molecule has 1 aromatic carbocycles. The second kappa shape index (κ2) is 7.97. The van der Waals surface area contributed by atoms with Gasteiger partial charge >= 0.3 is 5.97 Å². The molecule has 2 heterocycles. The van der Waals surface area contributed by atoms with E-state index < -0.39 is 5.97 Å². The minimum atomic E-state index is -0.950. The van der Waals surface area contributed by atoms with Gasteiger partial charge in [-0.15, -0.1) is 11.3 Å². The maximum atomic E-state index is 12.5. The summed E-state index contributed by atoms with van der Waals surface area (Å²) in [5.74, 6) is -0.953. The monoisotopic (exact) mass is 373 g/mol. The zero-order valence-electron chi connectivity index (χ0n) is 15.0. The molecular weight excluding hydrogens is 350 g/mol. The summed E-state index contributed by atoms with van der Waals surface area (Å²) in [6.07, 6.45) is 1.50. The first-order valence-corrected chi connectivity index (χ1v) is 9.55. The number of hydrogen-bond acceptors (Lipinski definition) is 5. The number of aromatic nitrogens is 1. The number of benzene rings is 1. The van der Waals surface area contributed by atoms with Gasteiger partial charge in [-0.25, -0.2) is 9.78 Å². The molecule has 0 aliphatic carbocycles. The van der Waals surface area contributed by atoms with Gasteiger partial charge in [0.05, 0.1) is 16.7 Å². The van der Waals surface area contributed by atoms with E-state index in [1.165, 1.54) is 22.5 Å². The Morgan fingerprint density at radius 2 is 2.08 bits per heavy atom. The molecule has 1 unspecified atom stereocenters. The summed E-state index contributed by atoms with van der Waals surface area (Å²) in [7, 11) is 0. The number of carbonyl (C=O) groups is 2. The predicted octanol–water partition coefficient (Wildman–Crippen LogP) is 2.26. The van der Waals surface area contributed by atoms with Crippen molar-refractivity contribution in [3.63, 3.8) is 0 Å². The van der Waals surface area contributed by atoms with E-state index in [2.05, 4.69) is 33.4 Å². The molecule has 26 heavy (non-hydrogen) atoms. The number of carboxylic acid groups (broad SMARTS) is 1. The summed E-state index contributed by atoms with van der Waals surface area (Å²) in [6, 6.07) is 8.17. The largest absolute Gasteiger partial charge is 0.477 e. The Labute approximate surface area is 156 Å². The lowest BCUT2D eigenvalue weighted by Gasteiger charge is -2.32. The highest BCUT2D eigenvalue weighted by molar-refractivity contribution is 7.13. The summed E-state index contributed by atoms with van der Waals surface area (Å²) in [5, 5.41) is 12.8. The lowest BCUT2D eigenvalue weighted by atomic mass is 9.99. The molecule has 1 amide bonds. The Hall–Kier alpha value is -2.25. The van der Waals surface area contributed by atoms with Crippen LogP contribution in [-0.2, 0) is 24.2 Å². The van der Waals surface area contributed by atoms with Gasteiger partial charge in [-0.2, -0.15) is 0 Å². The van der Waals surface area contributed by atoms with Crippen molar-refractivity contribution in [3.8, 4) is 0 Å². The van der Waals surface area contributed by atoms with Gasteiger partial charge in [0, 0.05) is 26.1 Å². The van der Waals surface area contributed by atoms with E-state index in [-0.39, 0.29) is 16.8 Å². The molecule has 1 aliphatic rings. The van der Waals surface area contributed by atoms with Gasteiger partial charge in [-0.05, 0) is 31.4 Å². The van der Waals surface area contributed by atoms with Crippen molar-refractivity contribution in [3.05, 3.63) is 51.0 Å². The Kier molecular flexibility index (Phi) is 5.68. The highest BCUT2D eigenvalue weighted by Crippen LogP contribution is 2.20. The van der Waals surface area contributed by atoms with Crippen LogP contribution in [0.25, 0.3) is 0 Å². The molecule has 7 heteroatoms. The third kappa shape index (κ3) is 4.11. The fraction of sp³-hybridized carbons (Fsp3) is 0.421. The maximum absolute atomic E-state index is 12.5. The lowest BCUT2D eigenvalue weighted by molar-refractivity contribution is -0.126. The minimum Gasteiger partial charge on any atom is -0.477 e. The van der Waals surface area contributed by atoms with E-state index in [0.29, 0.717) is 18.7 Å². The molecule has 0 spiro atoms. The number of aryl methyl sites for hydroxylation is 1. The number of rotatable bonds is 6. The third-order valence-corrected chi connectivity index (χ3v) is 5.97. The molecule has 6 nitrogen and oxygen atoms in total. The number of aromatic carboxylic acids is 1. The molecule has 0 fully saturated rings. The van der Waals surface area contributed by atoms with Crippen molar-refractivity contribution in [2.24, 2.45) is 0 Å². The van der Waals surface area contributed by atoms with Crippen LogP contribution >= 0.6 is 11.3 Å². The highest BCUT2D eigenvalue weighted by Gasteiger charge is 2.25. The van der Waals surface area contributed by atoms with Crippen LogP contribution in [-0.4, -0.2) is 46.0 Å². The Bertz CT molecular complexity index is 818. The first kappa shape index (κ1) is 18.5. The second-order valence-electron chi connectivity index (χ2n) is 6.53. The molecule has 0 saturated heterocycles. The van der Waals surface area contributed by atoms with E-state index in [0.717, 1.165) is 24.5 Å². The Morgan fingerprint density at radius 1 is 1.35 bits per heavy atom. The fourth-order valence-corrected chi connectivity index (χ4v) is 4.11. The standard InChI is InChI=1S/C19H23N3O3S/c1-12-17(19(24)25)26-16(21-12)7-9-20-18(23)13(2)22-10-8-14-5-3-4-6-15(14)11-22/h3-6,13H,7-11H2,1-2H3,(H,20,23)(H,24,25). The zero-order chi connectivity index (χ0) is 18.7. The SMILES string of the molecule is Cc1nc(CCNC(=O)C(C)N2CCc3ccccc3C2)sc1C(=O)O. The number of carbonyl (C=O) groups excluding carboxylic acids is 1. The van der Waals surface area contributed by atoms with Gasteiger partial charge < -0.3 is 10.4 Å². The van der Waals surface area contributed by atoms with Crippen LogP contribution < -0.4 is 5.32 Å². The van der Waals surface area contributed by atoms with E-state index in [4.69, 9.17) is 5.11 Å². The molecule has 1 atom stereocenters. The molecule has 1 aromatic heterocycles. The van der Waals surface area contributed by atoms with Gasteiger partial charge in [0.1, 0.15) is 4.88 Å². The number of thiazole rings is 1. The van der Waals surface area contributed by atoms with Crippen molar-refractivity contribution in [2.75, 3.05) is 13.1 Å². The van der Waals surface area contributed by atoms with Gasteiger partial charge in [-0.3, -0.25) is 9.69 Å². The van der Waals surface area contributed by atoms with Crippen molar-refractivity contribution in [1.82, 2.24) is 15.2 Å². The Morgan fingerprint density at radius 3 is 2.77 bits per heavy atom. The van der Waals surface area contributed by atoms with Crippen LogP contribution in [0.5, 0.6) is 0 Å². The number of amides is 1. The normalized spacial score (nSPS) is 15.3. The highest BCUT2D eigenvalue weighted by atomic mass is 32.1. The quantitative estimate of drug-likeness (QED) is 0.812. The molecule has 2 N–H and O–H groups in total. The van der Waals surface area contributed by atoms with Crippen molar-refractivity contribution in [1.29, 1.82) is 0 Å². The molecule has 3 rings (SSSR count). The fourth-order valence-electron chi connectivity index (χ4n) is 3.21. The first-order chi connectivity index (χ1) is 12.5. The summed E-state index contributed by atoms with van der Waals surface area (Å²) in [5.41, 5.74) is 3.19. The van der Waals surface area contributed by atoms with Gasteiger partial charge in [0.25, 0.3) is 0 Å². The van der Waals surface area contributed by atoms with E-state index in [9.17, 15) is 9.59 Å². The summed E-state index contributed by atoms with van der Waals surface area (Å²) in [4.78, 5) is 30.2. The molecule has 0 bridgehead atoms. The van der Waals surface area contributed by atoms with Crippen LogP contribution in [0.1, 0.15) is 38.4 Å². The maximum Gasteiger partial charge on any atom is 0.347 e. The summed E-state index contributed by atoms with van der Waals surface area (Å²) >= 11 is 1.18. The second-order valence-corrected chi connectivity index (χ2v) is 7.62. The number of nitrogens with zero attached hydrogens (tertiary/aromatic N) is 2. The number of fused-ring (bicyclic) bond motifs is 1. The molecule has 2 aromatic rings. The van der Waals surface area contributed by atoms with Crippen LogP contribution in [0.15, 0.2) is 24.3 Å². The average molecular weight is 373 g/mol. The van der Waals surface area contributed by atoms with Crippen LogP contribution in [0.3, 0.4) is 0 Å². The summed E-state index contributed by atoms with van der Waals surface area (Å²) in [6.45, 7) is 5.74. The third-order valence-electron chi connectivity index (χ3n) is 4.76.